The summed E-state index contributed by atoms with van der Waals surface area (Å²) >= 11 is 0. The maximum absolute atomic E-state index is 12.5. The molecule has 0 aliphatic rings. The fourth-order valence-electron chi connectivity index (χ4n) is 2.58. The number of benzene rings is 1. The van der Waals surface area contributed by atoms with Gasteiger partial charge >= 0.3 is 24.0 Å². The lowest BCUT2D eigenvalue weighted by atomic mass is 10.3. The molecule has 0 bridgehead atoms. The van der Waals surface area contributed by atoms with E-state index in [1.54, 1.807) is 62.5 Å². The van der Waals surface area contributed by atoms with Crippen LogP contribution >= 0.6 is 0 Å². The lowest BCUT2D eigenvalue weighted by Gasteiger charge is -2.29. The van der Waals surface area contributed by atoms with Gasteiger partial charge in [-0.15, -0.1) is 0 Å². The van der Waals surface area contributed by atoms with Crippen LogP contribution in [0.5, 0.6) is 0 Å². The lowest BCUT2D eigenvalue weighted by Crippen LogP contribution is -2.45. The van der Waals surface area contributed by atoms with Gasteiger partial charge in [-0.1, -0.05) is 0 Å². The second kappa shape index (κ2) is 13.1. The van der Waals surface area contributed by atoms with Crippen molar-refractivity contribution in [1.82, 2.24) is 20.0 Å². The van der Waals surface area contributed by atoms with Gasteiger partial charge in [0.25, 0.3) is 0 Å². The molecule has 2 N–H and O–H groups in total. The molecule has 1 rings (SSSR count). The Labute approximate surface area is 187 Å². The van der Waals surface area contributed by atoms with Crippen molar-refractivity contribution in [3.63, 3.8) is 0 Å². The van der Waals surface area contributed by atoms with Crippen molar-refractivity contribution in [3.8, 4) is 0 Å². The first kappa shape index (κ1) is 26.7. The van der Waals surface area contributed by atoms with E-state index in [1.165, 1.54) is 24.2 Å². The molecule has 0 aromatic heterocycles. The minimum atomic E-state index is -0.419. The number of hydrogen-bond donors (Lipinski definition) is 2. The number of hydrazine groups is 2. The largest absolute Gasteiger partial charge is 0.469 e. The van der Waals surface area contributed by atoms with E-state index in [9.17, 15) is 19.2 Å². The minimum absolute atomic E-state index is 0.0609. The van der Waals surface area contributed by atoms with Crippen molar-refractivity contribution in [2.45, 2.75) is 12.8 Å². The van der Waals surface area contributed by atoms with Crippen molar-refractivity contribution >= 4 is 35.4 Å². The van der Waals surface area contributed by atoms with Crippen LogP contribution in [0, 0.1) is 0 Å². The van der Waals surface area contributed by atoms with Gasteiger partial charge in [0.1, 0.15) is 0 Å². The molecule has 32 heavy (non-hydrogen) atoms. The van der Waals surface area contributed by atoms with E-state index in [2.05, 4.69) is 20.1 Å². The summed E-state index contributed by atoms with van der Waals surface area (Å²) in [7, 11) is 9.33. The molecule has 0 spiro atoms. The monoisotopic (exact) mass is 452 g/mol. The molecule has 12 heteroatoms. The van der Waals surface area contributed by atoms with E-state index in [4.69, 9.17) is 0 Å². The number of anilines is 2. The maximum atomic E-state index is 12.5. The fraction of sp³-hybridized carbons (Fsp3) is 0.500. The highest BCUT2D eigenvalue weighted by Crippen LogP contribution is 2.15. The second-order valence-corrected chi connectivity index (χ2v) is 7.03. The first-order chi connectivity index (χ1) is 15.1. The first-order valence-electron chi connectivity index (χ1n) is 9.84. The van der Waals surface area contributed by atoms with E-state index in [0.717, 1.165) is 0 Å². The Morgan fingerprint density at radius 2 is 1.00 bits per heavy atom. The molecular formula is C20H32N6O6. The average Bonchev–Trinajstić information content (AvgIpc) is 2.74. The molecule has 4 amide bonds. The number of carbonyl (C=O) groups excluding carboxylic acids is 4. The number of urea groups is 2. The highest BCUT2D eigenvalue weighted by Gasteiger charge is 2.19. The summed E-state index contributed by atoms with van der Waals surface area (Å²) in [6.45, 7) is 0.317. The highest BCUT2D eigenvalue weighted by atomic mass is 16.5. The van der Waals surface area contributed by atoms with E-state index >= 15 is 0 Å². The lowest BCUT2D eigenvalue weighted by molar-refractivity contribution is -0.142. The maximum Gasteiger partial charge on any atom is 0.336 e. The Hall–Kier alpha value is -3.38. The third-order valence-corrected chi connectivity index (χ3v) is 4.33. The van der Waals surface area contributed by atoms with Gasteiger partial charge in [0.15, 0.2) is 0 Å². The van der Waals surface area contributed by atoms with Crippen LogP contribution in [0.4, 0.5) is 21.0 Å². The molecule has 0 unspecified atom stereocenters. The van der Waals surface area contributed by atoms with Crippen LogP contribution in [0.15, 0.2) is 24.3 Å². The van der Waals surface area contributed by atoms with Crippen molar-refractivity contribution in [2.24, 2.45) is 0 Å². The number of carbonyl (C=O) groups is 4. The Kier molecular flexibility index (Phi) is 10.9. The van der Waals surface area contributed by atoms with E-state index in [-0.39, 0.29) is 25.9 Å². The molecule has 0 saturated carbocycles. The molecule has 0 aliphatic heterocycles. The fourth-order valence-corrected chi connectivity index (χ4v) is 2.58. The van der Waals surface area contributed by atoms with Crippen LogP contribution in [0.2, 0.25) is 0 Å². The number of hydrogen-bond acceptors (Lipinski definition) is 8. The van der Waals surface area contributed by atoms with Crippen molar-refractivity contribution in [1.29, 1.82) is 0 Å². The van der Waals surface area contributed by atoms with Gasteiger partial charge in [0.05, 0.1) is 27.1 Å². The van der Waals surface area contributed by atoms with E-state index in [0.29, 0.717) is 11.4 Å². The summed E-state index contributed by atoms with van der Waals surface area (Å²) in [6.07, 6.45) is 0.122. The van der Waals surface area contributed by atoms with Crippen LogP contribution in [0.3, 0.4) is 0 Å². The number of nitrogens with one attached hydrogen (secondary N) is 2. The molecular weight excluding hydrogens is 420 g/mol. The molecule has 0 heterocycles. The molecule has 12 nitrogen and oxygen atoms in total. The molecule has 0 radical (unpaired) electrons. The molecule has 1 aromatic rings. The number of esters is 2. The summed E-state index contributed by atoms with van der Waals surface area (Å²) in [5.74, 6) is -0.828. The van der Waals surface area contributed by atoms with Crippen LogP contribution in [0.25, 0.3) is 0 Å². The quantitative estimate of drug-likeness (QED) is 0.404. The normalized spacial score (nSPS) is 10.5. The smallest absolute Gasteiger partial charge is 0.336 e. The SMILES string of the molecule is COC(=O)CCN(C(=O)Nc1ccc(NC(=O)N(CCC(=O)OC)N(C)C)cc1)N(C)C. The zero-order valence-corrected chi connectivity index (χ0v) is 19.4. The molecule has 1 aromatic carbocycles. The minimum Gasteiger partial charge on any atom is -0.469 e. The van der Waals surface area contributed by atoms with Gasteiger partial charge in [-0.2, -0.15) is 0 Å². The summed E-state index contributed by atoms with van der Waals surface area (Å²) in [5.41, 5.74) is 1.01. The van der Waals surface area contributed by atoms with Crippen molar-refractivity contribution in [3.05, 3.63) is 24.3 Å². The summed E-state index contributed by atoms with van der Waals surface area (Å²) in [6, 6.07) is 5.70. The summed E-state index contributed by atoms with van der Waals surface area (Å²) < 4.78 is 9.22. The zero-order valence-electron chi connectivity index (χ0n) is 19.4. The topological polar surface area (TPSA) is 124 Å². The van der Waals surface area contributed by atoms with Gasteiger partial charge < -0.3 is 20.1 Å². The number of rotatable bonds is 10. The van der Waals surface area contributed by atoms with E-state index in [1.807, 2.05) is 0 Å². The number of nitrogens with zero attached hydrogens (tertiary/aromatic N) is 4. The Morgan fingerprint density at radius 1 is 0.688 bits per heavy atom. The predicted octanol–water partition coefficient (Wildman–Crippen LogP) is 1.43. The van der Waals surface area contributed by atoms with Gasteiger partial charge in [-0.25, -0.2) is 19.6 Å². The zero-order chi connectivity index (χ0) is 24.3. The molecule has 0 saturated heterocycles. The van der Waals surface area contributed by atoms with Crippen molar-refractivity contribution in [2.75, 3.05) is 66.1 Å². The second-order valence-electron chi connectivity index (χ2n) is 7.03. The Morgan fingerprint density at radius 3 is 1.25 bits per heavy atom. The molecule has 0 aliphatic carbocycles. The Balaban J connectivity index is 2.72. The van der Waals surface area contributed by atoms with E-state index < -0.39 is 24.0 Å². The van der Waals surface area contributed by atoms with Gasteiger partial charge in [-0.05, 0) is 24.3 Å². The first-order valence-corrected chi connectivity index (χ1v) is 9.84. The summed E-state index contributed by atoms with van der Waals surface area (Å²) in [5, 5.41) is 11.3. The van der Waals surface area contributed by atoms with Gasteiger partial charge in [-0.3, -0.25) is 19.6 Å². The number of amides is 4. The molecule has 0 atom stereocenters. The van der Waals surface area contributed by atoms with Crippen molar-refractivity contribution < 1.29 is 28.7 Å². The average molecular weight is 453 g/mol. The van der Waals surface area contributed by atoms with Crippen LogP contribution in [-0.4, -0.2) is 99.5 Å². The van der Waals surface area contributed by atoms with Gasteiger partial charge in [0.2, 0.25) is 0 Å². The molecule has 178 valence electrons. The third kappa shape index (κ3) is 8.78. The van der Waals surface area contributed by atoms with Crippen LogP contribution in [-0.2, 0) is 19.1 Å². The third-order valence-electron chi connectivity index (χ3n) is 4.33. The van der Waals surface area contributed by atoms with Gasteiger partial charge in [0, 0.05) is 52.7 Å². The standard InChI is InChI=1S/C20H32N6O6/c1-23(2)25(13-11-17(27)31-5)19(29)21-15-7-9-16(10-8-15)22-20(30)26(24(3)4)14-12-18(28)32-6/h7-10H,11-14H2,1-6H3,(H,21,29)(H,22,30). The summed E-state index contributed by atoms with van der Waals surface area (Å²) in [4.78, 5) is 47.8. The number of ether oxygens (including phenoxy) is 2. The van der Waals surface area contributed by atoms with Crippen LogP contribution in [0.1, 0.15) is 12.8 Å². The predicted molar refractivity (Wildman–Crippen MR) is 119 cm³/mol. The molecule has 0 fully saturated rings. The van der Waals surface area contributed by atoms with Crippen LogP contribution < -0.4 is 10.6 Å². The Bertz CT molecular complexity index is 718. The number of methoxy groups -OCH3 is 2. The highest BCUT2D eigenvalue weighted by molar-refractivity contribution is 5.91.